The van der Waals surface area contributed by atoms with Crippen LogP contribution in [-0.4, -0.2) is 52.1 Å². The van der Waals surface area contributed by atoms with Crippen LogP contribution in [0.4, 0.5) is 5.95 Å². The van der Waals surface area contributed by atoms with E-state index >= 15 is 0 Å². The number of anilines is 1. The number of nitrogens with one attached hydrogen (secondary N) is 2. The maximum Gasteiger partial charge on any atom is 0.254 e. The second-order valence-corrected chi connectivity index (χ2v) is 7.99. The Hall–Kier alpha value is -2.82. The van der Waals surface area contributed by atoms with Gasteiger partial charge in [-0.2, -0.15) is 19.6 Å². The third-order valence-corrected chi connectivity index (χ3v) is 4.69. The highest BCUT2D eigenvalue weighted by atomic mass is 32.2. The molecule has 2 aromatic rings. The van der Waals surface area contributed by atoms with Crippen molar-refractivity contribution in [1.82, 2.24) is 24.9 Å². The highest BCUT2D eigenvalue weighted by Crippen LogP contribution is 2.26. The van der Waals surface area contributed by atoms with E-state index in [2.05, 4.69) is 25.7 Å². The number of hydrogen-bond donors (Lipinski definition) is 2. The Morgan fingerprint density at radius 3 is 2.68 bits per heavy atom. The van der Waals surface area contributed by atoms with Gasteiger partial charge in [0.2, 0.25) is 21.7 Å². The second kappa shape index (κ2) is 5.34. The molecule has 0 atom stereocenters. The molecule has 3 heterocycles. The quantitative estimate of drug-likeness (QED) is 0.550. The van der Waals surface area contributed by atoms with Crippen LogP contribution in [0.15, 0.2) is 16.9 Å². The summed E-state index contributed by atoms with van der Waals surface area (Å²) in [6, 6.07) is 0.231. The number of imide groups is 1. The second-order valence-electron chi connectivity index (χ2n) is 6.08. The summed E-state index contributed by atoms with van der Waals surface area (Å²) < 4.78 is 25.2. The molecule has 0 unspecified atom stereocenters. The van der Waals surface area contributed by atoms with Gasteiger partial charge in [0.1, 0.15) is 0 Å². The van der Waals surface area contributed by atoms with Crippen molar-refractivity contribution >= 4 is 39.3 Å². The molecular formula is C14H14N6O4S. The Morgan fingerprint density at radius 2 is 2.08 bits per heavy atom. The van der Waals surface area contributed by atoms with E-state index in [9.17, 15) is 18.0 Å². The Balaban J connectivity index is 1.87. The molecule has 0 spiro atoms. The van der Waals surface area contributed by atoms with E-state index in [1.165, 1.54) is 16.8 Å². The van der Waals surface area contributed by atoms with Crippen LogP contribution in [0.2, 0.25) is 0 Å². The average molecular weight is 362 g/mol. The van der Waals surface area contributed by atoms with Gasteiger partial charge in [0.15, 0.2) is 5.65 Å². The van der Waals surface area contributed by atoms with Crippen LogP contribution in [-0.2, 0) is 19.4 Å². The summed E-state index contributed by atoms with van der Waals surface area (Å²) in [5.41, 5.74) is 0.959. The minimum atomic E-state index is -3.63. The summed E-state index contributed by atoms with van der Waals surface area (Å²) in [4.78, 5) is 31.2. The molecule has 11 heteroatoms. The average Bonchev–Trinajstić information content (AvgIpc) is 3.15. The van der Waals surface area contributed by atoms with E-state index in [4.69, 9.17) is 0 Å². The lowest BCUT2D eigenvalue weighted by atomic mass is 10.1. The fraction of sp³-hybridized carbons (Fsp3) is 0.357. The molecule has 2 aromatic heterocycles. The normalized spacial score (nSPS) is 19.6. The van der Waals surface area contributed by atoms with Crippen molar-refractivity contribution in [2.75, 3.05) is 11.6 Å². The maximum absolute atomic E-state index is 11.9. The van der Waals surface area contributed by atoms with Gasteiger partial charge in [-0.25, -0.2) is 8.42 Å². The van der Waals surface area contributed by atoms with Gasteiger partial charge in [-0.15, -0.1) is 0 Å². The third kappa shape index (κ3) is 2.97. The zero-order chi connectivity index (χ0) is 17.8. The fourth-order valence-corrected chi connectivity index (χ4v) is 2.96. The lowest BCUT2D eigenvalue weighted by Crippen LogP contribution is -2.19. The number of rotatable bonds is 4. The Kier molecular flexibility index (Phi) is 3.35. The number of hydrogen-bond acceptors (Lipinski definition) is 8. The Morgan fingerprint density at radius 1 is 1.32 bits per heavy atom. The van der Waals surface area contributed by atoms with Crippen LogP contribution >= 0.6 is 0 Å². The van der Waals surface area contributed by atoms with Crippen LogP contribution in [0.1, 0.15) is 24.8 Å². The number of fused-ring (bicyclic) bond motifs is 1. The molecule has 0 bridgehead atoms. The van der Waals surface area contributed by atoms with Gasteiger partial charge in [0.25, 0.3) is 11.1 Å². The molecule has 2 fully saturated rings. The lowest BCUT2D eigenvalue weighted by molar-refractivity contribution is -0.124. The highest BCUT2D eigenvalue weighted by Gasteiger charge is 2.27. The summed E-state index contributed by atoms with van der Waals surface area (Å²) >= 11 is 0. The van der Waals surface area contributed by atoms with Crippen LogP contribution < -0.4 is 10.6 Å². The number of amides is 2. The Labute approximate surface area is 142 Å². The number of nitrogens with zero attached hydrogens (tertiary/aromatic N) is 4. The molecule has 2 amide bonds. The van der Waals surface area contributed by atoms with Crippen LogP contribution in [0.5, 0.6) is 0 Å². The van der Waals surface area contributed by atoms with Crippen molar-refractivity contribution in [3.8, 4) is 0 Å². The van der Waals surface area contributed by atoms with Crippen molar-refractivity contribution in [2.24, 2.45) is 0 Å². The summed E-state index contributed by atoms with van der Waals surface area (Å²) in [7, 11) is -3.63. The van der Waals surface area contributed by atoms with Gasteiger partial charge in [-0.05, 0) is 18.9 Å². The summed E-state index contributed by atoms with van der Waals surface area (Å²) in [6.45, 7) is 0. The highest BCUT2D eigenvalue weighted by molar-refractivity contribution is 7.90. The zero-order valence-corrected chi connectivity index (χ0v) is 14.0. The molecule has 10 nitrogen and oxygen atoms in total. The summed E-state index contributed by atoms with van der Waals surface area (Å²) in [5.74, 6) is -0.571. The van der Waals surface area contributed by atoms with Crippen molar-refractivity contribution in [3.05, 3.63) is 17.3 Å². The summed E-state index contributed by atoms with van der Waals surface area (Å²) in [6.07, 6.45) is 5.88. The molecule has 0 radical (unpaired) electrons. The monoisotopic (exact) mass is 362 g/mol. The van der Waals surface area contributed by atoms with Gasteiger partial charge in [-0.3, -0.25) is 14.9 Å². The molecule has 130 valence electrons. The SMILES string of the molecule is CS(=O)(=O)c1nc(NC2CC2)n2ncc(C=C3CC(=O)NC3=O)c2n1. The predicted molar refractivity (Wildman–Crippen MR) is 86.3 cm³/mol. The standard InChI is InChI=1S/C14H14N6O4S/c1-25(23,24)14-18-11-8(4-7-5-10(21)17-12(7)22)6-15-20(11)13(19-14)16-9-2-3-9/h4,6,9H,2-3,5H2,1H3,(H,16,18,19)(H,17,21,22). The molecule has 1 aliphatic heterocycles. The first-order valence-corrected chi connectivity index (χ1v) is 9.47. The molecule has 25 heavy (non-hydrogen) atoms. The fourth-order valence-electron chi connectivity index (χ4n) is 2.46. The van der Waals surface area contributed by atoms with Gasteiger partial charge < -0.3 is 5.32 Å². The topological polar surface area (TPSA) is 135 Å². The van der Waals surface area contributed by atoms with E-state index in [1.54, 1.807) is 0 Å². The first kappa shape index (κ1) is 15.7. The molecule has 2 aliphatic rings. The predicted octanol–water partition coefficient (Wildman–Crippen LogP) is -0.468. The van der Waals surface area contributed by atoms with Gasteiger partial charge in [-0.1, -0.05) is 0 Å². The first-order valence-electron chi connectivity index (χ1n) is 7.58. The number of carbonyl (C=O) groups is 2. The van der Waals surface area contributed by atoms with E-state index in [1.807, 2.05) is 0 Å². The maximum atomic E-state index is 11.9. The minimum Gasteiger partial charge on any atom is -0.351 e. The van der Waals surface area contributed by atoms with Crippen molar-refractivity contribution in [3.63, 3.8) is 0 Å². The first-order chi connectivity index (χ1) is 11.8. The van der Waals surface area contributed by atoms with E-state index in [-0.39, 0.29) is 40.7 Å². The van der Waals surface area contributed by atoms with Crippen LogP contribution in [0.25, 0.3) is 11.7 Å². The number of aromatic nitrogens is 4. The molecule has 2 N–H and O–H groups in total. The molecule has 1 aliphatic carbocycles. The minimum absolute atomic E-state index is 0.0344. The lowest BCUT2D eigenvalue weighted by Gasteiger charge is -2.07. The van der Waals surface area contributed by atoms with Gasteiger partial charge in [0, 0.05) is 23.4 Å². The number of carbonyl (C=O) groups excluding carboxylic acids is 2. The third-order valence-electron chi connectivity index (χ3n) is 3.84. The van der Waals surface area contributed by atoms with E-state index < -0.39 is 15.7 Å². The van der Waals surface area contributed by atoms with Crippen LogP contribution in [0, 0.1) is 0 Å². The molecular weight excluding hydrogens is 348 g/mol. The van der Waals surface area contributed by atoms with Gasteiger partial charge in [0.05, 0.1) is 12.6 Å². The Bertz CT molecular complexity index is 1050. The van der Waals surface area contributed by atoms with E-state index in [0.29, 0.717) is 5.56 Å². The van der Waals surface area contributed by atoms with Crippen molar-refractivity contribution < 1.29 is 18.0 Å². The van der Waals surface area contributed by atoms with Crippen molar-refractivity contribution in [1.29, 1.82) is 0 Å². The van der Waals surface area contributed by atoms with E-state index in [0.717, 1.165) is 19.1 Å². The van der Waals surface area contributed by atoms with Gasteiger partial charge >= 0.3 is 0 Å². The molecule has 1 saturated carbocycles. The molecule has 1 saturated heterocycles. The molecule has 0 aromatic carbocycles. The smallest absolute Gasteiger partial charge is 0.254 e. The van der Waals surface area contributed by atoms with Crippen molar-refractivity contribution in [2.45, 2.75) is 30.5 Å². The number of sulfone groups is 1. The molecule has 4 rings (SSSR count). The summed E-state index contributed by atoms with van der Waals surface area (Å²) in [5, 5.41) is 9.18. The largest absolute Gasteiger partial charge is 0.351 e. The zero-order valence-electron chi connectivity index (χ0n) is 13.2. The van der Waals surface area contributed by atoms with Crippen LogP contribution in [0.3, 0.4) is 0 Å².